The summed E-state index contributed by atoms with van der Waals surface area (Å²) in [5.41, 5.74) is 6.28. The van der Waals surface area contributed by atoms with Crippen molar-refractivity contribution in [3.05, 3.63) is 49.6 Å². The number of halogens is 1. The van der Waals surface area contributed by atoms with Crippen LogP contribution < -0.4 is 17.0 Å². The summed E-state index contributed by atoms with van der Waals surface area (Å²) < 4.78 is 4.06. The third-order valence-corrected chi connectivity index (χ3v) is 5.81. The zero-order valence-electron chi connectivity index (χ0n) is 16.6. The fraction of sp³-hybridized carbons (Fsp3) is 0.368. The van der Waals surface area contributed by atoms with E-state index in [-0.39, 0.29) is 23.1 Å². The number of nitrogen functional groups attached to an aromatic ring is 1. The van der Waals surface area contributed by atoms with E-state index in [0.29, 0.717) is 16.7 Å². The first-order valence-electron chi connectivity index (χ1n) is 8.99. The van der Waals surface area contributed by atoms with E-state index in [0.717, 1.165) is 15.6 Å². The summed E-state index contributed by atoms with van der Waals surface area (Å²) in [4.78, 5) is 42.3. The standard InChI is InChI=1S/C19H22ClN5O3S/c1-10(2)8-25-16(21)15(17(27)24(4)19(25)28)14(26)9-29-18-22-12-7-11(20)5-6-13(12)23(18)3/h5-7,10H,8-9,21H2,1-4H3. The first kappa shape index (κ1) is 21.2. The Balaban J connectivity index is 1.94. The minimum absolute atomic E-state index is 0.0375. The zero-order chi connectivity index (χ0) is 21.5. The number of nitrogens with zero attached hydrogens (tertiary/aromatic N) is 4. The highest BCUT2D eigenvalue weighted by atomic mass is 35.5. The normalized spacial score (nSPS) is 11.5. The van der Waals surface area contributed by atoms with Crippen LogP contribution >= 0.6 is 23.4 Å². The van der Waals surface area contributed by atoms with Crippen LogP contribution in [-0.4, -0.2) is 30.2 Å². The smallest absolute Gasteiger partial charge is 0.332 e. The Bertz CT molecular complexity index is 1230. The van der Waals surface area contributed by atoms with Crippen molar-refractivity contribution < 1.29 is 4.79 Å². The maximum Gasteiger partial charge on any atom is 0.332 e. The van der Waals surface area contributed by atoms with Crippen LogP contribution in [-0.2, 0) is 20.6 Å². The molecule has 3 rings (SSSR count). The fourth-order valence-electron chi connectivity index (χ4n) is 3.07. The molecular weight excluding hydrogens is 414 g/mol. The summed E-state index contributed by atoms with van der Waals surface area (Å²) in [6.45, 7) is 4.16. The van der Waals surface area contributed by atoms with Crippen LogP contribution in [0.4, 0.5) is 5.82 Å². The molecule has 0 saturated carbocycles. The number of thioether (sulfide) groups is 1. The Morgan fingerprint density at radius 3 is 2.59 bits per heavy atom. The van der Waals surface area contributed by atoms with Gasteiger partial charge >= 0.3 is 5.69 Å². The minimum Gasteiger partial charge on any atom is -0.384 e. The number of rotatable bonds is 6. The zero-order valence-corrected chi connectivity index (χ0v) is 18.2. The number of carbonyl (C=O) groups is 1. The summed E-state index contributed by atoms with van der Waals surface area (Å²) in [5, 5.41) is 1.19. The highest BCUT2D eigenvalue weighted by Gasteiger charge is 2.22. The van der Waals surface area contributed by atoms with Crippen LogP contribution in [0.2, 0.25) is 5.02 Å². The molecule has 0 radical (unpaired) electrons. The Morgan fingerprint density at radius 1 is 1.24 bits per heavy atom. The van der Waals surface area contributed by atoms with E-state index >= 15 is 0 Å². The van der Waals surface area contributed by atoms with Gasteiger partial charge < -0.3 is 10.3 Å². The van der Waals surface area contributed by atoms with Gasteiger partial charge in [0, 0.05) is 25.7 Å². The van der Waals surface area contributed by atoms with Gasteiger partial charge in [0.15, 0.2) is 10.9 Å². The molecule has 2 aromatic heterocycles. The topological polar surface area (TPSA) is 105 Å². The molecular formula is C19H22ClN5O3S. The van der Waals surface area contributed by atoms with Crippen LogP contribution in [0.25, 0.3) is 11.0 Å². The number of anilines is 1. The summed E-state index contributed by atoms with van der Waals surface area (Å²) >= 11 is 7.21. The van der Waals surface area contributed by atoms with Gasteiger partial charge in [-0.05, 0) is 24.1 Å². The number of aryl methyl sites for hydroxylation is 1. The van der Waals surface area contributed by atoms with E-state index in [1.165, 1.54) is 23.4 Å². The maximum atomic E-state index is 12.9. The van der Waals surface area contributed by atoms with E-state index < -0.39 is 17.0 Å². The quantitative estimate of drug-likeness (QED) is 0.470. The SMILES string of the molecule is CC(C)Cn1c(N)c(C(=O)CSc2nc3cc(Cl)ccc3n2C)c(=O)n(C)c1=O. The lowest BCUT2D eigenvalue weighted by atomic mass is 10.2. The predicted molar refractivity (Wildman–Crippen MR) is 116 cm³/mol. The maximum absolute atomic E-state index is 12.9. The third-order valence-electron chi connectivity index (χ3n) is 4.54. The van der Waals surface area contributed by atoms with Crippen LogP contribution in [0, 0.1) is 5.92 Å². The van der Waals surface area contributed by atoms with Gasteiger partial charge in [-0.2, -0.15) is 0 Å². The summed E-state index contributed by atoms with van der Waals surface area (Å²) in [6.07, 6.45) is 0. The van der Waals surface area contributed by atoms with E-state index in [1.54, 1.807) is 12.1 Å². The first-order valence-corrected chi connectivity index (χ1v) is 10.4. The van der Waals surface area contributed by atoms with Gasteiger partial charge in [-0.25, -0.2) is 9.78 Å². The second kappa shape index (κ2) is 8.08. The Labute approximate surface area is 176 Å². The molecule has 0 spiro atoms. The lowest BCUT2D eigenvalue weighted by Gasteiger charge is -2.16. The molecule has 0 aliphatic carbocycles. The van der Waals surface area contributed by atoms with Crippen LogP contribution in [0.15, 0.2) is 32.9 Å². The van der Waals surface area contributed by atoms with Crippen molar-refractivity contribution in [1.29, 1.82) is 0 Å². The summed E-state index contributed by atoms with van der Waals surface area (Å²) in [6, 6.07) is 5.37. The number of carbonyl (C=O) groups excluding carboxylic acids is 1. The van der Waals surface area contributed by atoms with E-state index in [1.807, 2.05) is 31.5 Å². The van der Waals surface area contributed by atoms with Crippen LogP contribution in [0.3, 0.4) is 0 Å². The number of fused-ring (bicyclic) bond motifs is 1. The highest BCUT2D eigenvalue weighted by molar-refractivity contribution is 7.99. The van der Waals surface area contributed by atoms with Gasteiger partial charge in [0.25, 0.3) is 5.56 Å². The average molecular weight is 436 g/mol. The highest BCUT2D eigenvalue weighted by Crippen LogP contribution is 2.25. The molecule has 29 heavy (non-hydrogen) atoms. The van der Waals surface area contributed by atoms with Gasteiger partial charge in [0.2, 0.25) is 0 Å². The van der Waals surface area contributed by atoms with Gasteiger partial charge in [-0.1, -0.05) is 37.2 Å². The molecule has 0 aliphatic rings. The first-order chi connectivity index (χ1) is 13.6. The van der Waals surface area contributed by atoms with E-state index in [9.17, 15) is 14.4 Å². The van der Waals surface area contributed by atoms with E-state index in [4.69, 9.17) is 17.3 Å². The molecule has 0 saturated heterocycles. The number of aromatic nitrogens is 4. The van der Waals surface area contributed by atoms with Crippen LogP contribution in [0.5, 0.6) is 0 Å². The molecule has 1 aromatic carbocycles. The van der Waals surface area contributed by atoms with Crippen molar-refractivity contribution in [2.45, 2.75) is 25.5 Å². The number of Topliss-reactive ketones (excluding diaryl/α,β-unsaturated/α-hetero) is 1. The monoisotopic (exact) mass is 435 g/mol. The molecule has 3 aromatic rings. The molecule has 0 unspecified atom stereocenters. The number of imidazole rings is 1. The summed E-state index contributed by atoms with van der Waals surface area (Å²) in [7, 11) is 3.19. The lowest BCUT2D eigenvalue weighted by Crippen LogP contribution is -2.43. The number of benzene rings is 1. The molecule has 0 aliphatic heterocycles. The lowest BCUT2D eigenvalue weighted by molar-refractivity contribution is 0.102. The van der Waals surface area contributed by atoms with Crippen molar-refractivity contribution in [1.82, 2.24) is 18.7 Å². The van der Waals surface area contributed by atoms with Gasteiger partial charge in [-0.15, -0.1) is 0 Å². The third kappa shape index (κ3) is 3.97. The largest absolute Gasteiger partial charge is 0.384 e. The average Bonchev–Trinajstić information content (AvgIpc) is 2.96. The molecule has 0 amide bonds. The van der Waals surface area contributed by atoms with Crippen molar-refractivity contribution in [2.75, 3.05) is 11.5 Å². The Hall–Kier alpha value is -2.52. The molecule has 8 nitrogen and oxygen atoms in total. The minimum atomic E-state index is -0.685. The Morgan fingerprint density at radius 2 is 1.93 bits per heavy atom. The molecule has 0 fully saturated rings. The van der Waals surface area contributed by atoms with Crippen molar-refractivity contribution in [3.8, 4) is 0 Å². The van der Waals surface area contributed by atoms with Crippen molar-refractivity contribution in [3.63, 3.8) is 0 Å². The second-order valence-corrected chi connectivity index (χ2v) is 8.59. The Kier molecular flexibility index (Phi) is 5.90. The van der Waals surface area contributed by atoms with Crippen molar-refractivity contribution in [2.24, 2.45) is 20.0 Å². The second-order valence-electron chi connectivity index (χ2n) is 7.21. The van der Waals surface area contributed by atoms with Crippen molar-refractivity contribution >= 4 is 46.0 Å². The molecule has 0 atom stereocenters. The molecule has 0 bridgehead atoms. The van der Waals surface area contributed by atoms with Gasteiger partial charge in [-0.3, -0.25) is 18.7 Å². The number of nitrogens with two attached hydrogens (primary N) is 1. The molecule has 10 heteroatoms. The van der Waals surface area contributed by atoms with Crippen LogP contribution in [0.1, 0.15) is 24.2 Å². The fourth-order valence-corrected chi connectivity index (χ4v) is 4.09. The predicted octanol–water partition coefficient (Wildman–Crippen LogP) is 2.30. The molecule has 154 valence electrons. The van der Waals surface area contributed by atoms with E-state index in [2.05, 4.69) is 4.98 Å². The van der Waals surface area contributed by atoms with Gasteiger partial charge in [0.1, 0.15) is 11.4 Å². The summed E-state index contributed by atoms with van der Waals surface area (Å²) in [5.74, 6) is -0.453. The molecule has 2 N–H and O–H groups in total. The number of hydrogen-bond donors (Lipinski definition) is 1. The number of hydrogen-bond acceptors (Lipinski definition) is 6. The number of ketones is 1. The molecule has 2 heterocycles. The van der Waals surface area contributed by atoms with Gasteiger partial charge in [0.05, 0.1) is 16.8 Å².